The molecule has 0 amide bonds. The van der Waals surface area contributed by atoms with E-state index in [1.54, 1.807) is 0 Å². The second kappa shape index (κ2) is 3.11. The van der Waals surface area contributed by atoms with E-state index in [1.807, 2.05) is 12.1 Å². The molecule has 3 nitrogen and oxygen atoms in total. The van der Waals surface area contributed by atoms with Crippen LogP contribution in [-0.4, -0.2) is 6.04 Å². The third kappa shape index (κ3) is 1.27. The molecule has 1 aliphatic rings. The summed E-state index contributed by atoms with van der Waals surface area (Å²) in [5.74, 6) is 0.368. The van der Waals surface area contributed by atoms with Gasteiger partial charge in [-0.2, -0.15) is 0 Å². The number of hydrogen-bond acceptors (Lipinski definition) is 1. The highest BCUT2D eigenvalue weighted by molar-refractivity contribution is 5.37. The van der Waals surface area contributed by atoms with Crippen molar-refractivity contribution in [1.82, 2.24) is 0 Å². The van der Waals surface area contributed by atoms with E-state index in [0.717, 1.165) is 6.42 Å². The zero-order chi connectivity index (χ0) is 9.26. The molecule has 13 heavy (non-hydrogen) atoms. The van der Waals surface area contributed by atoms with E-state index in [0.29, 0.717) is 5.92 Å². The SMILES string of the molecule is C[C@H]1c2ccccc2C[C@H]1N=[N+]=[N-]. The molecule has 0 aromatic heterocycles. The molecular formula is C10H11N3. The summed E-state index contributed by atoms with van der Waals surface area (Å²) in [6, 6.07) is 8.41. The molecule has 0 N–H and O–H groups in total. The lowest BCUT2D eigenvalue weighted by molar-refractivity contribution is 0.611. The van der Waals surface area contributed by atoms with E-state index < -0.39 is 0 Å². The van der Waals surface area contributed by atoms with Gasteiger partial charge < -0.3 is 0 Å². The van der Waals surface area contributed by atoms with Gasteiger partial charge in [0.1, 0.15) is 0 Å². The lowest BCUT2D eigenvalue weighted by atomic mass is 10.0. The van der Waals surface area contributed by atoms with Crippen LogP contribution >= 0.6 is 0 Å². The van der Waals surface area contributed by atoms with Gasteiger partial charge in [0.15, 0.2) is 0 Å². The van der Waals surface area contributed by atoms with Crippen molar-refractivity contribution in [2.24, 2.45) is 5.11 Å². The smallest absolute Gasteiger partial charge is 0.0480 e. The van der Waals surface area contributed by atoms with Crippen molar-refractivity contribution in [1.29, 1.82) is 0 Å². The normalized spacial score (nSPS) is 25.0. The summed E-state index contributed by atoms with van der Waals surface area (Å²) in [7, 11) is 0. The number of rotatable bonds is 1. The van der Waals surface area contributed by atoms with Gasteiger partial charge in [-0.05, 0) is 29.0 Å². The summed E-state index contributed by atoms with van der Waals surface area (Å²) in [5.41, 5.74) is 11.0. The molecule has 0 fully saturated rings. The molecule has 0 bridgehead atoms. The average molecular weight is 173 g/mol. The molecule has 2 atom stereocenters. The Morgan fingerprint density at radius 2 is 2.23 bits per heavy atom. The molecule has 66 valence electrons. The third-order valence-corrected chi connectivity index (χ3v) is 2.75. The van der Waals surface area contributed by atoms with Crippen LogP contribution in [-0.2, 0) is 6.42 Å². The molecule has 0 spiro atoms. The lowest BCUT2D eigenvalue weighted by Crippen LogP contribution is -2.06. The highest BCUT2D eigenvalue weighted by Crippen LogP contribution is 2.34. The Labute approximate surface area is 77.0 Å². The van der Waals surface area contributed by atoms with E-state index in [-0.39, 0.29) is 6.04 Å². The fraction of sp³-hybridized carbons (Fsp3) is 0.400. The maximum absolute atomic E-state index is 8.38. The van der Waals surface area contributed by atoms with Crippen LogP contribution in [0.4, 0.5) is 0 Å². The first-order chi connectivity index (χ1) is 6.33. The van der Waals surface area contributed by atoms with Crippen molar-refractivity contribution in [2.45, 2.75) is 25.3 Å². The molecule has 1 aromatic rings. The van der Waals surface area contributed by atoms with E-state index in [9.17, 15) is 0 Å². The summed E-state index contributed by atoms with van der Waals surface area (Å²) in [6.45, 7) is 2.12. The van der Waals surface area contributed by atoms with Crippen LogP contribution in [0.15, 0.2) is 29.4 Å². The van der Waals surface area contributed by atoms with Crippen LogP contribution in [0.5, 0.6) is 0 Å². The summed E-state index contributed by atoms with van der Waals surface area (Å²) >= 11 is 0. The van der Waals surface area contributed by atoms with Gasteiger partial charge in [0.25, 0.3) is 0 Å². The maximum atomic E-state index is 8.38. The number of benzene rings is 1. The van der Waals surface area contributed by atoms with Crippen LogP contribution in [0.25, 0.3) is 10.4 Å². The molecule has 3 heteroatoms. The van der Waals surface area contributed by atoms with Crippen LogP contribution in [0.2, 0.25) is 0 Å². The molecule has 0 radical (unpaired) electrons. The maximum Gasteiger partial charge on any atom is 0.0480 e. The third-order valence-electron chi connectivity index (χ3n) is 2.75. The zero-order valence-electron chi connectivity index (χ0n) is 7.51. The molecule has 0 aliphatic heterocycles. The zero-order valence-corrected chi connectivity index (χ0v) is 7.51. The highest BCUT2D eigenvalue weighted by Gasteiger charge is 2.27. The van der Waals surface area contributed by atoms with Crippen molar-refractivity contribution >= 4 is 0 Å². The Morgan fingerprint density at radius 3 is 2.92 bits per heavy atom. The van der Waals surface area contributed by atoms with Crippen molar-refractivity contribution in [2.75, 3.05) is 0 Å². The van der Waals surface area contributed by atoms with Gasteiger partial charge in [-0.15, -0.1) is 0 Å². The largest absolute Gasteiger partial charge is 0.0897 e. The fourth-order valence-electron chi connectivity index (χ4n) is 1.98. The Kier molecular flexibility index (Phi) is 1.95. The molecule has 0 saturated carbocycles. The predicted molar refractivity (Wildman–Crippen MR) is 51.5 cm³/mol. The van der Waals surface area contributed by atoms with Gasteiger partial charge in [0.2, 0.25) is 0 Å². The summed E-state index contributed by atoms with van der Waals surface area (Å²) in [5, 5.41) is 3.80. The van der Waals surface area contributed by atoms with Crippen molar-refractivity contribution in [3.63, 3.8) is 0 Å². The summed E-state index contributed by atoms with van der Waals surface area (Å²) in [6.07, 6.45) is 0.890. The van der Waals surface area contributed by atoms with Gasteiger partial charge in [-0.3, -0.25) is 0 Å². The Morgan fingerprint density at radius 1 is 1.46 bits per heavy atom. The van der Waals surface area contributed by atoms with Crippen LogP contribution in [0, 0.1) is 0 Å². The van der Waals surface area contributed by atoms with Gasteiger partial charge in [-0.1, -0.05) is 36.3 Å². The van der Waals surface area contributed by atoms with E-state index in [4.69, 9.17) is 5.53 Å². The Hall–Kier alpha value is -1.47. The number of azide groups is 1. The first-order valence-corrected chi connectivity index (χ1v) is 4.45. The van der Waals surface area contributed by atoms with Gasteiger partial charge >= 0.3 is 0 Å². The second-order valence-corrected chi connectivity index (χ2v) is 3.46. The van der Waals surface area contributed by atoms with Gasteiger partial charge in [0.05, 0.1) is 0 Å². The minimum atomic E-state index is 0.113. The second-order valence-electron chi connectivity index (χ2n) is 3.46. The van der Waals surface area contributed by atoms with E-state index in [2.05, 4.69) is 29.1 Å². The van der Waals surface area contributed by atoms with Crippen molar-refractivity contribution in [3.8, 4) is 0 Å². The molecule has 1 aliphatic carbocycles. The first-order valence-electron chi connectivity index (χ1n) is 4.45. The minimum absolute atomic E-state index is 0.113. The number of nitrogens with zero attached hydrogens (tertiary/aromatic N) is 3. The fourth-order valence-corrected chi connectivity index (χ4v) is 1.98. The number of fused-ring (bicyclic) bond motifs is 1. The topological polar surface area (TPSA) is 48.8 Å². The predicted octanol–water partition coefficient (Wildman–Crippen LogP) is 3.03. The quantitative estimate of drug-likeness (QED) is 0.356. The van der Waals surface area contributed by atoms with Crippen LogP contribution in [0.1, 0.15) is 24.0 Å². The Bertz CT molecular complexity index is 366. The molecule has 2 rings (SSSR count). The van der Waals surface area contributed by atoms with Gasteiger partial charge in [-0.25, -0.2) is 0 Å². The molecular weight excluding hydrogens is 162 g/mol. The standard InChI is InChI=1S/C10H11N3/c1-7-9-5-3-2-4-8(9)6-10(7)12-13-11/h2-5,7,10H,6H2,1H3/t7-,10+/m0/s1. The highest BCUT2D eigenvalue weighted by atomic mass is 15.2. The van der Waals surface area contributed by atoms with E-state index >= 15 is 0 Å². The minimum Gasteiger partial charge on any atom is -0.0897 e. The molecule has 0 saturated heterocycles. The van der Waals surface area contributed by atoms with Crippen molar-refractivity contribution < 1.29 is 0 Å². The molecule has 0 unspecified atom stereocenters. The van der Waals surface area contributed by atoms with E-state index in [1.165, 1.54) is 11.1 Å². The Balaban J connectivity index is 2.37. The van der Waals surface area contributed by atoms with Crippen LogP contribution in [0.3, 0.4) is 0 Å². The van der Waals surface area contributed by atoms with Crippen molar-refractivity contribution in [3.05, 3.63) is 45.8 Å². The lowest BCUT2D eigenvalue weighted by Gasteiger charge is -2.08. The summed E-state index contributed by atoms with van der Waals surface area (Å²) < 4.78 is 0. The summed E-state index contributed by atoms with van der Waals surface area (Å²) in [4.78, 5) is 2.88. The average Bonchev–Trinajstić information content (AvgIpc) is 2.46. The van der Waals surface area contributed by atoms with Gasteiger partial charge in [0, 0.05) is 11.0 Å². The number of hydrogen-bond donors (Lipinski definition) is 0. The van der Waals surface area contributed by atoms with Crippen LogP contribution < -0.4 is 0 Å². The molecule has 0 heterocycles. The first kappa shape index (κ1) is 8.14. The molecule has 1 aromatic carbocycles. The monoisotopic (exact) mass is 173 g/mol.